The van der Waals surface area contributed by atoms with Gasteiger partial charge in [-0.2, -0.15) is 0 Å². The highest BCUT2D eigenvalue weighted by atomic mass is 31.2. The lowest BCUT2D eigenvalue weighted by atomic mass is 9.69. The van der Waals surface area contributed by atoms with Crippen molar-refractivity contribution in [1.82, 2.24) is 0 Å². The Bertz CT molecular complexity index is 811. The molecule has 8 nitrogen and oxygen atoms in total. The highest BCUT2D eigenvalue weighted by molar-refractivity contribution is 7.53. The smallest absolute Gasteiger partial charge is 0.362 e. The number of hydrogen-bond acceptors (Lipinski definition) is 4. The van der Waals surface area contributed by atoms with Gasteiger partial charge in [-0.05, 0) is 78.2 Å². The Morgan fingerprint density at radius 1 is 0.906 bits per heavy atom. The van der Waals surface area contributed by atoms with Crippen LogP contribution in [0, 0.1) is 11.3 Å². The Morgan fingerprint density at radius 3 is 1.81 bits per heavy atom. The number of allylic oxidation sites excluding steroid dienone is 5. The van der Waals surface area contributed by atoms with Crippen molar-refractivity contribution in [2.75, 3.05) is 0 Å². The molecule has 0 amide bonds. The summed E-state index contributed by atoms with van der Waals surface area (Å²) in [7, 11) is -5.60. The summed E-state index contributed by atoms with van der Waals surface area (Å²) < 4.78 is 12.4. The zero-order valence-electron chi connectivity index (χ0n) is 19.4. The molecule has 1 fully saturated rings. The van der Waals surface area contributed by atoms with Gasteiger partial charge in [0, 0.05) is 0 Å². The molecule has 5 N–H and O–H groups in total. The molecule has 1 aliphatic carbocycles. The highest BCUT2D eigenvalue weighted by Gasteiger charge is 2.72. The topological polar surface area (TPSA) is 152 Å². The Balaban J connectivity index is 3.29. The normalized spacial score (nSPS) is 18.3. The van der Waals surface area contributed by atoms with Crippen LogP contribution >= 0.6 is 7.60 Å². The van der Waals surface area contributed by atoms with Gasteiger partial charge in [0.2, 0.25) is 10.8 Å². The van der Waals surface area contributed by atoms with Crippen LogP contribution in [-0.2, 0) is 14.2 Å². The minimum Gasteiger partial charge on any atom is -0.480 e. The summed E-state index contributed by atoms with van der Waals surface area (Å²) in [5, 5.41) is 27.6. The third-order valence-electron chi connectivity index (χ3n) is 6.24. The number of carbonyl (C=O) groups is 2. The summed E-state index contributed by atoms with van der Waals surface area (Å²) in [6.07, 6.45) is 8.83. The van der Waals surface area contributed by atoms with Crippen molar-refractivity contribution < 1.29 is 39.3 Å². The van der Waals surface area contributed by atoms with Crippen LogP contribution in [0.2, 0.25) is 0 Å². The van der Waals surface area contributed by atoms with Gasteiger partial charge in [-0.15, -0.1) is 0 Å². The van der Waals surface area contributed by atoms with E-state index in [2.05, 4.69) is 6.08 Å². The maximum atomic E-state index is 12.4. The van der Waals surface area contributed by atoms with Gasteiger partial charge >= 0.3 is 19.5 Å². The van der Waals surface area contributed by atoms with Crippen molar-refractivity contribution in [1.29, 1.82) is 0 Å². The van der Waals surface area contributed by atoms with Gasteiger partial charge in [-0.3, -0.25) is 14.2 Å². The number of aliphatic hydroxyl groups is 1. The molecule has 1 unspecified atom stereocenters. The maximum absolute atomic E-state index is 12.4. The first kappa shape index (κ1) is 28.3. The largest absolute Gasteiger partial charge is 0.480 e. The second-order valence-corrected chi connectivity index (χ2v) is 10.8. The van der Waals surface area contributed by atoms with Gasteiger partial charge in [0.15, 0.2) is 0 Å². The summed E-state index contributed by atoms with van der Waals surface area (Å²) in [5.41, 5.74) is -0.359. The minimum absolute atomic E-state index is 0.154. The van der Waals surface area contributed by atoms with E-state index in [9.17, 15) is 39.3 Å². The van der Waals surface area contributed by atoms with Gasteiger partial charge in [-0.1, -0.05) is 41.7 Å². The molecular formula is C23H37O8P. The van der Waals surface area contributed by atoms with Gasteiger partial charge < -0.3 is 25.1 Å². The lowest BCUT2D eigenvalue weighted by Gasteiger charge is -2.43. The summed E-state index contributed by atoms with van der Waals surface area (Å²) >= 11 is 0. The predicted molar refractivity (Wildman–Crippen MR) is 122 cm³/mol. The zero-order valence-corrected chi connectivity index (χ0v) is 20.3. The molecule has 0 aliphatic heterocycles. The minimum atomic E-state index is -5.60. The standard InChI is InChI=1S/C23H37O8P/c1-16(2)9-7-10-17(3)11-8-12-18(4)15-22(28,32(29,30)31)23(20(24)25,21(26)27)19-13-5-6-14-19/h9,11,15,19,28H,5-8,10,12-14H2,1-4H3,(H,24,25)(H,26,27)(H2,29,30,31). The SMILES string of the molecule is CC(C)=CCCC(C)=CCCC(C)=CC(O)(C(C(=O)O)(C(=O)O)C1CCCC1)P(=O)(O)O. The molecule has 0 radical (unpaired) electrons. The second-order valence-electron chi connectivity index (χ2n) is 9.07. The van der Waals surface area contributed by atoms with E-state index in [0.717, 1.165) is 24.5 Å². The fraction of sp³-hybridized carbons (Fsp3) is 0.652. The predicted octanol–water partition coefficient (Wildman–Crippen LogP) is 4.62. The molecule has 1 rings (SSSR count). The molecule has 0 aromatic rings. The Morgan fingerprint density at radius 2 is 1.38 bits per heavy atom. The Labute approximate surface area is 189 Å². The summed E-state index contributed by atoms with van der Waals surface area (Å²) in [6, 6.07) is 0. The van der Waals surface area contributed by atoms with Gasteiger partial charge in [0.25, 0.3) is 0 Å². The van der Waals surface area contributed by atoms with Gasteiger partial charge in [0.1, 0.15) is 0 Å². The highest BCUT2D eigenvalue weighted by Crippen LogP contribution is 2.63. The third-order valence-corrected chi connectivity index (χ3v) is 7.61. The lowest BCUT2D eigenvalue weighted by molar-refractivity contribution is -0.182. The van der Waals surface area contributed by atoms with Crippen LogP contribution in [-0.4, -0.2) is 42.4 Å². The van der Waals surface area contributed by atoms with E-state index < -0.39 is 36.2 Å². The van der Waals surface area contributed by atoms with Crippen LogP contribution in [0.25, 0.3) is 0 Å². The van der Waals surface area contributed by atoms with E-state index in [-0.39, 0.29) is 12.8 Å². The second kappa shape index (κ2) is 11.4. The van der Waals surface area contributed by atoms with Gasteiger partial charge in [-0.25, -0.2) is 0 Å². The first-order chi connectivity index (χ1) is 14.7. The summed E-state index contributed by atoms with van der Waals surface area (Å²) in [4.78, 5) is 44.5. The van der Waals surface area contributed by atoms with Crippen LogP contribution < -0.4 is 0 Å². The summed E-state index contributed by atoms with van der Waals surface area (Å²) in [5.74, 6) is -4.99. The van der Waals surface area contributed by atoms with E-state index in [1.807, 2.05) is 26.8 Å². The molecule has 0 aromatic carbocycles. The molecule has 0 saturated heterocycles. The first-order valence-corrected chi connectivity index (χ1v) is 12.5. The summed E-state index contributed by atoms with van der Waals surface area (Å²) in [6.45, 7) is 7.53. The first-order valence-electron chi connectivity index (χ1n) is 10.9. The molecule has 0 aromatic heterocycles. The number of rotatable bonds is 12. The van der Waals surface area contributed by atoms with Crippen LogP contribution in [0.4, 0.5) is 0 Å². The molecule has 0 bridgehead atoms. The third kappa shape index (κ3) is 6.19. The average Bonchev–Trinajstić information content (AvgIpc) is 3.14. The molecule has 1 aliphatic rings. The molecule has 0 heterocycles. The van der Waals surface area contributed by atoms with Crippen LogP contribution in [0.1, 0.15) is 79.1 Å². The van der Waals surface area contributed by atoms with E-state index >= 15 is 0 Å². The van der Waals surface area contributed by atoms with E-state index in [4.69, 9.17) is 0 Å². The number of carboxylic acids is 2. The Hall–Kier alpha value is -1.73. The lowest BCUT2D eigenvalue weighted by Crippen LogP contribution is -2.60. The monoisotopic (exact) mass is 472 g/mol. The number of carboxylic acid groups (broad SMARTS) is 2. The van der Waals surface area contributed by atoms with Crippen molar-refractivity contribution in [3.05, 3.63) is 34.9 Å². The van der Waals surface area contributed by atoms with Crippen LogP contribution in [0.15, 0.2) is 34.9 Å². The molecule has 1 atom stereocenters. The average molecular weight is 473 g/mol. The number of aliphatic carboxylic acids is 2. The zero-order chi connectivity index (χ0) is 24.7. The molecule has 0 spiro atoms. The van der Waals surface area contributed by atoms with E-state index in [1.54, 1.807) is 0 Å². The molecule has 1 saturated carbocycles. The van der Waals surface area contributed by atoms with E-state index in [1.165, 1.54) is 12.5 Å². The maximum Gasteiger partial charge on any atom is 0.362 e. The van der Waals surface area contributed by atoms with Crippen LogP contribution in [0.3, 0.4) is 0 Å². The fourth-order valence-corrected chi connectivity index (χ4v) is 5.72. The van der Waals surface area contributed by atoms with E-state index in [0.29, 0.717) is 31.3 Å². The quantitative estimate of drug-likeness (QED) is 0.157. The fourth-order valence-electron chi connectivity index (χ4n) is 4.49. The molecule has 32 heavy (non-hydrogen) atoms. The van der Waals surface area contributed by atoms with Crippen molar-refractivity contribution in [2.24, 2.45) is 11.3 Å². The van der Waals surface area contributed by atoms with Gasteiger partial charge in [0.05, 0.1) is 0 Å². The van der Waals surface area contributed by atoms with Crippen molar-refractivity contribution in [2.45, 2.75) is 84.4 Å². The Kier molecular flexibility index (Phi) is 10.1. The molecular weight excluding hydrogens is 435 g/mol. The van der Waals surface area contributed by atoms with Crippen molar-refractivity contribution in [3.8, 4) is 0 Å². The van der Waals surface area contributed by atoms with Crippen molar-refractivity contribution >= 4 is 19.5 Å². The molecule has 9 heteroatoms. The number of hydrogen-bond donors (Lipinski definition) is 5. The molecule has 182 valence electrons. The van der Waals surface area contributed by atoms with Crippen LogP contribution in [0.5, 0.6) is 0 Å². The van der Waals surface area contributed by atoms with Crippen molar-refractivity contribution in [3.63, 3.8) is 0 Å².